The fourth-order valence-electron chi connectivity index (χ4n) is 3.24. The quantitative estimate of drug-likeness (QED) is 0.655. The molecule has 0 spiro atoms. The van der Waals surface area contributed by atoms with Gasteiger partial charge in [-0.1, -0.05) is 12.1 Å². The molecule has 0 atom stereocenters. The summed E-state index contributed by atoms with van der Waals surface area (Å²) in [4.78, 5) is 37.2. The lowest BCUT2D eigenvalue weighted by Gasteiger charge is -2.32. The highest BCUT2D eigenvalue weighted by Gasteiger charge is 2.18. The zero-order valence-electron chi connectivity index (χ0n) is 16.8. The van der Waals surface area contributed by atoms with Crippen molar-refractivity contribution in [2.45, 2.75) is 6.42 Å². The molecule has 3 heterocycles. The number of aromatic nitrogens is 4. The molecule has 1 aliphatic heterocycles. The van der Waals surface area contributed by atoms with E-state index in [1.165, 1.54) is 6.20 Å². The van der Waals surface area contributed by atoms with Gasteiger partial charge in [-0.15, -0.1) is 0 Å². The van der Waals surface area contributed by atoms with Crippen LogP contribution in [0.1, 0.15) is 6.42 Å². The molecule has 4 rings (SSSR count). The van der Waals surface area contributed by atoms with Gasteiger partial charge in [0.1, 0.15) is 0 Å². The van der Waals surface area contributed by atoms with E-state index in [0.29, 0.717) is 11.5 Å². The third-order valence-corrected chi connectivity index (χ3v) is 4.99. The second-order valence-corrected chi connectivity index (χ2v) is 7.21. The molecule has 0 saturated carbocycles. The van der Waals surface area contributed by atoms with Crippen LogP contribution in [-0.4, -0.2) is 81.3 Å². The lowest BCUT2D eigenvalue weighted by atomic mass is 10.3. The average Bonchev–Trinajstić information content (AvgIpc) is 3.22. The molecule has 2 aromatic heterocycles. The van der Waals surface area contributed by atoms with E-state index in [1.807, 2.05) is 36.2 Å². The summed E-state index contributed by atoms with van der Waals surface area (Å²) in [6, 6.07) is 7.19. The number of likely N-dealkylation sites (N-methyl/N-ethyl adjacent to an activating group) is 1. The molecule has 10 heteroatoms. The van der Waals surface area contributed by atoms with Crippen LogP contribution in [0, 0.1) is 0 Å². The first-order valence-electron chi connectivity index (χ1n) is 9.86. The molecule has 0 bridgehead atoms. The summed E-state index contributed by atoms with van der Waals surface area (Å²) in [6.07, 6.45) is 5.10. The van der Waals surface area contributed by atoms with Crippen molar-refractivity contribution in [1.82, 2.24) is 34.9 Å². The first-order valence-corrected chi connectivity index (χ1v) is 9.86. The predicted octanol–water partition coefficient (Wildman–Crippen LogP) is 1.10. The highest BCUT2D eigenvalue weighted by molar-refractivity contribution is 5.89. The van der Waals surface area contributed by atoms with Crippen molar-refractivity contribution in [3.8, 4) is 5.82 Å². The maximum Gasteiger partial charge on any atom is 0.319 e. The van der Waals surface area contributed by atoms with Crippen LogP contribution in [0.4, 0.5) is 10.5 Å². The number of benzene rings is 1. The molecule has 30 heavy (non-hydrogen) atoms. The van der Waals surface area contributed by atoms with E-state index >= 15 is 0 Å². The highest BCUT2D eigenvalue weighted by Crippen LogP contribution is 2.13. The number of carbonyl (C=O) groups excluding carboxylic acids is 2. The Kier molecular flexibility index (Phi) is 5.84. The normalized spacial score (nSPS) is 14.6. The number of nitrogens with one attached hydrogen (secondary N) is 2. The summed E-state index contributed by atoms with van der Waals surface area (Å²) in [5.41, 5.74) is 2.09. The monoisotopic (exact) mass is 408 g/mol. The van der Waals surface area contributed by atoms with E-state index in [1.54, 1.807) is 17.1 Å². The Balaban J connectivity index is 1.27. The Morgan fingerprint density at radius 2 is 1.83 bits per heavy atom. The van der Waals surface area contributed by atoms with Crippen molar-refractivity contribution in [3.05, 3.63) is 42.9 Å². The van der Waals surface area contributed by atoms with Crippen LogP contribution in [-0.2, 0) is 4.79 Å². The molecule has 1 aromatic carbocycles. The number of para-hydroxylation sites is 2. The van der Waals surface area contributed by atoms with E-state index in [-0.39, 0.29) is 24.9 Å². The summed E-state index contributed by atoms with van der Waals surface area (Å²) >= 11 is 0. The Bertz CT molecular complexity index is 1040. The minimum Gasteiger partial charge on any atom is -0.340 e. The minimum absolute atomic E-state index is 0.0612. The van der Waals surface area contributed by atoms with Gasteiger partial charge >= 0.3 is 6.03 Å². The summed E-state index contributed by atoms with van der Waals surface area (Å²) in [7, 11) is 2.04. The van der Waals surface area contributed by atoms with Crippen LogP contribution in [0.5, 0.6) is 0 Å². The lowest BCUT2D eigenvalue weighted by molar-refractivity contribution is -0.132. The lowest BCUT2D eigenvalue weighted by Crippen LogP contribution is -2.47. The number of fused-ring (bicyclic) bond motifs is 1. The molecule has 1 aliphatic rings. The molecule has 3 aromatic rings. The van der Waals surface area contributed by atoms with E-state index in [9.17, 15) is 9.59 Å². The number of piperazine rings is 1. The maximum atomic E-state index is 12.2. The van der Waals surface area contributed by atoms with Gasteiger partial charge in [0.25, 0.3) is 0 Å². The number of hydrogen-bond acceptors (Lipinski definition) is 6. The number of anilines is 1. The summed E-state index contributed by atoms with van der Waals surface area (Å²) in [5, 5.41) is 9.65. The van der Waals surface area contributed by atoms with Gasteiger partial charge in [0.2, 0.25) is 5.91 Å². The second-order valence-electron chi connectivity index (χ2n) is 7.21. The molecular weight excluding hydrogens is 384 g/mol. The van der Waals surface area contributed by atoms with Gasteiger partial charge < -0.3 is 20.4 Å². The molecule has 2 N–H and O–H groups in total. The fourth-order valence-corrected chi connectivity index (χ4v) is 3.24. The SMILES string of the molecule is CN1CCN(C(=O)CCNC(=O)Nc2cnn(-c3cnc4ccccc4n3)c2)CC1. The van der Waals surface area contributed by atoms with Gasteiger partial charge in [-0.3, -0.25) is 9.78 Å². The van der Waals surface area contributed by atoms with Gasteiger partial charge in [0.15, 0.2) is 5.82 Å². The van der Waals surface area contributed by atoms with Crippen molar-refractivity contribution in [2.24, 2.45) is 0 Å². The molecule has 1 fully saturated rings. The number of amides is 3. The molecule has 0 radical (unpaired) electrons. The summed E-state index contributed by atoms with van der Waals surface area (Å²) in [6.45, 7) is 3.51. The zero-order chi connectivity index (χ0) is 20.9. The number of urea groups is 1. The first kappa shape index (κ1) is 19.8. The van der Waals surface area contributed by atoms with Gasteiger partial charge in [-0.05, 0) is 19.2 Å². The fraction of sp³-hybridized carbons (Fsp3) is 0.350. The van der Waals surface area contributed by atoms with Gasteiger partial charge in [-0.2, -0.15) is 5.10 Å². The Labute approximate surface area is 173 Å². The topological polar surface area (TPSA) is 108 Å². The van der Waals surface area contributed by atoms with Crippen molar-refractivity contribution < 1.29 is 9.59 Å². The predicted molar refractivity (Wildman–Crippen MR) is 112 cm³/mol. The van der Waals surface area contributed by atoms with E-state index in [4.69, 9.17) is 0 Å². The standard InChI is InChI=1S/C20H24N8O2/c1-26-8-10-27(11-9-26)19(29)6-7-21-20(30)24-15-12-23-28(14-15)18-13-22-16-4-2-3-5-17(16)25-18/h2-5,12-14H,6-11H2,1H3,(H2,21,24,30). The molecule has 10 nitrogen and oxygen atoms in total. The van der Waals surface area contributed by atoms with Crippen LogP contribution in [0.2, 0.25) is 0 Å². The van der Waals surface area contributed by atoms with Crippen molar-refractivity contribution in [3.63, 3.8) is 0 Å². The summed E-state index contributed by atoms with van der Waals surface area (Å²) < 4.78 is 1.55. The molecular formula is C20H24N8O2. The van der Waals surface area contributed by atoms with E-state index in [0.717, 1.165) is 37.2 Å². The van der Waals surface area contributed by atoms with Gasteiger partial charge in [0.05, 0.1) is 35.3 Å². The van der Waals surface area contributed by atoms with E-state index in [2.05, 4.69) is 30.6 Å². The number of carbonyl (C=O) groups is 2. The molecule has 1 saturated heterocycles. The van der Waals surface area contributed by atoms with Gasteiger partial charge in [0, 0.05) is 39.1 Å². The highest BCUT2D eigenvalue weighted by atomic mass is 16.2. The molecule has 156 valence electrons. The maximum absolute atomic E-state index is 12.2. The number of nitrogens with zero attached hydrogens (tertiary/aromatic N) is 6. The largest absolute Gasteiger partial charge is 0.340 e. The van der Waals surface area contributed by atoms with Crippen molar-refractivity contribution in [2.75, 3.05) is 45.1 Å². The number of rotatable bonds is 5. The Hall–Kier alpha value is -3.53. The molecule has 0 unspecified atom stereocenters. The molecule has 3 amide bonds. The second kappa shape index (κ2) is 8.87. The van der Waals surface area contributed by atoms with E-state index < -0.39 is 0 Å². The smallest absolute Gasteiger partial charge is 0.319 e. The third-order valence-electron chi connectivity index (χ3n) is 4.99. The third kappa shape index (κ3) is 4.71. The zero-order valence-corrected chi connectivity index (χ0v) is 16.8. The van der Waals surface area contributed by atoms with Crippen LogP contribution in [0.3, 0.4) is 0 Å². The van der Waals surface area contributed by atoms with Crippen LogP contribution >= 0.6 is 0 Å². The van der Waals surface area contributed by atoms with Crippen LogP contribution in [0.25, 0.3) is 16.9 Å². The van der Waals surface area contributed by atoms with Gasteiger partial charge in [-0.25, -0.2) is 14.5 Å². The number of hydrogen-bond donors (Lipinski definition) is 2. The van der Waals surface area contributed by atoms with Crippen molar-refractivity contribution >= 4 is 28.7 Å². The first-order chi connectivity index (χ1) is 14.6. The van der Waals surface area contributed by atoms with Crippen LogP contribution < -0.4 is 10.6 Å². The van der Waals surface area contributed by atoms with Crippen molar-refractivity contribution in [1.29, 1.82) is 0 Å². The van der Waals surface area contributed by atoms with Crippen LogP contribution in [0.15, 0.2) is 42.9 Å². The minimum atomic E-state index is -0.384. The Morgan fingerprint density at radius 1 is 1.07 bits per heavy atom. The average molecular weight is 408 g/mol. The summed E-state index contributed by atoms with van der Waals surface area (Å²) in [5.74, 6) is 0.617. The Morgan fingerprint density at radius 3 is 2.63 bits per heavy atom. The molecule has 0 aliphatic carbocycles.